The number of fused-ring (bicyclic) bond motifs is 1. The fourth-order valence-corrected chi connectivity index (χ4v) is 3.76. The molecule has 104 valence electrons. The van der Waals surface area contributed by atoms with E-state index in [0.717, 1.165) is 6.42 Å². The van der Waals surface area contributed by atoms with Gasteiger partial charge >= 0.3 is 0 Å². The third kappa shape index (κ3) is 2.25. The highest BCUT2D eigenvalue weighted by Crippen LogP contribution is 2.34. The summed E-state index contributed by atoms with van der Waals surface area (Å²) in [6.07, 6.45) is -0.198. The Labute approximate surface area is 122 Å². The average molecular weight is 287 g/mol. The van der Waals surface area contributed by atoms with Crippen LogP contribution in [0.3, 0.4) is 0 Å². The lowest BCUT2D eigenvalue weighted by molar-refractivity contribution is -0.143. The number of carbonyl (C=O) groups excluding carboxylic acids is 1. The van der Waals surface area contributed by atoms with Crippen LogP contribution in [0.1, 0.15) is 35.1 Å². The molecule has 0 fully saturated rings. The van der Waals surface area contributed by atoms with Crippen molar-refractivity contribution < 1.29 is 9.90 Å². The number of benzene rings is 1. The summed E-state index contributed by atoms with van der Waals surface area (Å²) in [5.41, 5.74) is 1.99. The van der Waals surface area contributed by atoms with E-state index in [9.17, 15) is 9.90 Å². The van der Waals surface area contributed by atoms with E-state index in [1.165, 1.54) is 10.4 Å². The van der Waals surface area contributed by atoms with Gasteiger partial charge in [-0.05, 0) is 35.9 Å². The first kappa shape index (κ1) is 13.3. The minimum atomic E-state index is -1.07. The Bertz CT molecular complexity index is 608. The first-order chi connectivity index (χ1) is 9.68. The number of aliphatic hydroxyl groups excluding tert-OH is 1. The fraction of sp³-hybridized carbons (Fsp3) is 0.312. The molecule has 0 spiro atoms. The monoisotopic (exact) mass is 287 g/mol. The van der Waals surface area contributed by atoms with Gasteiger partial charge in [0.2, 0.25) is 0 Å². The molecule has 1 amide bonds. The number of rotatable bonds is 2. The first-order valence-electron chi connectivity index (χ1n) is 6.78. The van der Waals surface area contributed by atoms with Crippen molar-refractivity contribution in [2.75, 3.05) is 6.54 Å². The van der Waals surface area contributed by atoms with Crippen LogP contribution in [-0.4, -0.2) is 22.5 Å². The Morgan fingerprint density at radius 3 is 2.85 bits per heavy atom. The third-order valence-electron chi connectivity index (χ3n) is 3.88. The van der Waals surface area contributed by atoms with E-state index in [4.69, 9.17) is 0 Å². The van der Waals surface area contributed by atoms with Crippen LogP contribution in [0.15, 0.2) is 41.8 Å². The molecule has 3 rings (SSSR count). The highest BCUT2D eigenvalue weighted by molar-refractivity contribution is 7.10. The zero-order valence-electron chi connectivity index (χ0n) is 11.3. The van der Waals surface area contributed by atoms with Crippen LogP contribution in [0.5, 0.6) is 0 Å². The van der Waals surface area contributed by atoms with Crippen LogP contribution < -0.4 is 0 Å². The van der Waals surface area contributed by atoms with Crippen LogP contribution in [0.25, 0.3) is 0 Å². The molecule has 2 heterocycles. The van der Waals surface area contributed by atoms with Gasteiger partial charge in [-0.2, -0.15) is 0 Å². The number of hydrogen-bond acceptors (Lipinski definition) is 3. The predicted molar refractivity (Wildman–Crippen MR) is 79.6 cm³/mol. The number of amides is 1. The maximum atomic E-state index is 12.5. The Balaban J connectivity index is 1.82. The summed E-state index contributed by atoms with van der Waals surface area (Å²) in [5, 5.41) is 12.3. The van der Waals surface area contributed by atoms with Gasteiger partial charge in [0.05, 0.1) is 6.04 Å². The van der Waals surface area contributed by atoms with Gasteiger partial charge in [-0.15, -0.1) is 11.3 Å². The number of thiophene rings is 1. The molecule has 1 N–H and O–H groups in total. The maximum absolute atomic E-state index is 12.5. The van der Waals surface area contributed by atoms with Crippen molar-refractivity contribution in [1.29, 1.82) is 0 Å². The smallest absolute Gasteiger partial charge is 0.256 e. The minimum Gasteiger partial charge on any atom is -0.378 e. The van der Waals surface area contributed by atoms with Gasteiger partial charge in [0.1, 0.15) is 0 Å². The second-order valence-corrected chi connectivity index (χ2v) is 6.03. The summed E-state index contributed by atoms with van der Waals surface area (Å²) in [4.78, 5) is 15.5. The molecule has 0 bridgehead atoms. The van der Waals surface area contributed by atoms with Gasteiger partial charge < -0.3 is 10.0 Å². The molecule has 0 radical (unpaired) electrons. The van der Waals surface area contributed by atoms with E-state index in [2.05, 4.69) is 11.4 Å². The van der Waals surface area contributed by atoms with Gasteiger partial charge in [0.25, 0.3) is 5.91 Å². The van der Waals surface area contributed by atoms with Crippen molar-refractivity contribution >= 4 is 17.2 Å². The van der Waals surface area contributed by atoms with Crippen LogP contribution in [0.2, 0.25) is 0 Å². The summed E-state index contributed by atoms with van der Waals surface area (Å²) < 4.78 is 0. The maximum Gasteiger partial charge on any atom is 0.256 e. The summed E-state index contributed by atoms with van der Waals surface area (Å²) in [5.74, 6) is -0.206. The molecule has 2 aromatic rings. The number of hydrogen-bond donors (Lipinski definition) is 1. The van der Waals surface area contributed by atoms with E-state index < -0.39 is 6.10 Å². The molecule has 0 aliphatic carbocycles. The van der Waals surface area contributed by atoms with E-state index in [1.54, 1.807) is 28.4 Å². The lowest BCUT2D eigenvalue weighted by atomic mass is 10.0. The summed E-state index contributed by atoms with van der Waals surface area (Å²) in [6.45, 7) is 2.71. The van der Waals surface area contributed by atoms with E-state index in [-0.39, 0.29) is 11.9 Å². The molecule has 1 aromatic heterocycles. The second-order valence-electron chi connectivity index (χ2n) is 5.08. The van der Waals surface area contributed by atoms with Crippen LogP contribution in [0.4, 0.5) is 0 Å². The third-order valence-corrected chi connectivity index (χ3v) is 5.01. The normalized spacial score (nSPS) is 19.5. The summed E-state index contributed by atoms with van der Waals surface area (Å²) in [7, 11) is 0. The summed E-state index contributed by atoms with van der Waals surface area (Å²) in [6, 6.07) is 11.3. The summed E-state index contributed by atoms with van der Waals surface area (Å²) >= 11 is 1.69. The molecule has 2 atom stereocenters. The minimum absolute atomic E-state index is 0.0459. The van der Waals surface area contributed by atoms with Crippen molar-refractivity contribution in [3.8, 4) is 0 Å². The molecule has 1 aliphatic rings. The van der Waals surface area contributed by atoms with E-state index in [1.807, 2.05) is 25.1 Å². The zero-order valence-corrected chi connectivity index (χ0v) is 12.1. The standard InChI is InChI=1S/C16H17NO2S/c1-11-15-13(8-10-20-15)7-9-17(11)16(19)14(18)12-5-3-2-4-6-12/h2-6,8,10-11,14,18H,7,9H2,1H3/t11?,14-/m0/s1. The molecule has 3 nitrogen and oxygen atoms in total. The predicted octanol–water partition coefficient (Wildman–Crippen LogP) is 2.93. The topological polar surface area (TPSA) is 40.5 Å². The van der Waals surface area contributed by atoms with Crippen LogP contribution in [-0.2, 0) is 11.2 Å². The molecule has 1 aromatic carbocycles. The zero-order chi connectivity index (χ0) is 14.1. The molecular formula is C16H17NO2S. The van der Waals surface area contributed by atoms with E-state index >= 15 is 0 Å². The quantitative estimate of drug-likeness (QED) is 0.922. The Morgan fingerprint density at radius 1 is 1.35 bits per heavy atom. The molecule has 4 heteroatoms. The van der Waals surface area contributed by atoms with Crippen molar-refractivity contribution in [2.45, 2.75) is 25.5 Å². The van der Waals surface area contributed by atoms with Gasteiger partial charge in [0.15, 0.2) is 6.10 Å². The van der Waals surface area contributed by atoms with Gasteiger partial charge in [0, 0.05) is 11.4 Å². The van der Waals surface area contributed by atoms with Crippen molar-refractivity contribution in [2.24, 2.45) is 0 Å². The van der Waals surface area contributed by atoms with E-state index in [0.29, 0.717) is 12.1 Å². The highest BCUT2D eigenvalue weighted by atomic mass is 32.1. The molecule has 1 aliphatic heterocycles. The van der Waals surface area contributed by atoms with Crippen molar-refractivity contribution in [1.82, 2.24) is 4.90 Å². The average Bonchev–Trinajstić information content (AvgIpc) is 2.96. The van der Waals surface area contributed by atoms with Gasteiger partial charge in [-0.25, -0.2) is 0 Å². The molecular weight excluding hydrogens is 270 g/mol. The Morgan fingerprint density at radius 2 is 2.10 bits per heavy atom. The molecule has 1 unspecified atom stereocenters. The van der Waals surface area contributed by atoms with Crippen LogP contribution >= 0.6 is 11.3 Å². The fourth-order valence-electron chi connectivity index (χ4n) is 2.73. The van der Waals surface area contributed by atoms with Gasteiger partial charge in [-0.1, -0.05) is 30.3 Å². The highest BCUT2D eigenvalue weighted by Gasteiger charge is 2.32. The molecule has 0 saturated carbocycles. The van der Waals surface area contributed by atoms with Crippen molar-refractivity contribution in [3.05, 3.63) is 57.8 Å². The first-order valence-corrected chi connectivity index (χ1v) is 7.66. The molecule has 0 saturated heterocycles. The Hall–Kier alpha value is -1.65. The lowest BCUT2D eigenvalue weighted by Crippen LogP contribution is -2.40. The van der Waals surface area contributed by atoms with Crippen molar-refractivity contribution in [3.63, 3.8) is 0 Å². The largest absolute Gasteiger partial charge is 0.378 e. The second kappa shape index (κ2) is 5.38. The van der Waals surface area contributed by atoms with Gasteiger partial charge in [-0.3, -0.25) is 4.79 Å². The van der Waals surface area contributed by atoms with Crippen LogP contribution in [0, 0.1) is 0 Å². The Kier molecular flexibility index (Phi) is 3.59. The lowest BCUT2D eigenvalue weighted by Gasteiger charge is -2.34. The number of carbonyl (C=O) groups is 1. The number of aliphatic hydroxyl groups is 1. The molecule has 20 heavy (non-hydrogen) atoms. The number of nitrogens with zero attached hydrogens (tertiary/aromatic N) is 1. The SMILES string of the molecule is CC1c2sccc2CCN1C(=O)[C@@H](O)c1ccccc1.